The molecule has 0 bridgehead atoms. The molecule has 0 unspecified atom stereocenters. The molecule has 18 heavy (non-hydrogen) atoms. The number of hydrogen-bond donors (Lipinski definition) is 1. The quantitative estimate of drug-likeness (QED) is 0.825. The molecule has 8 nitrogen and oxygen atoms in total. The summed E-state index contributed by atoms with van der Waals surface area (Å²) in [5, 5.41) is 20.1. The molecule has 0 aliphatic carbocycles. The number of carbonyl (C=O) groups is 1. The van der Waals surface area contributed by atoms with E-state index in [0.29, 0.717) is 30.3 Å². The molecule has 1 N–H and O–H groups in total. The van der Waals surface area contributed by atoms with E-state index in [9.17, 15) is 4.79 Å². The van der Waals surface area contributed by atoms with Crippen LogP contribution >= 0.6 is 0 Å². The minimum atomic E-state index is -1.09. The van der Waals surface area contributed by atoms with Crippen LogP contribution in [0.5, 0.6) is 0 Å². The van der Waals surface area contributed by atoms with Crippen molar-refractivity contribution >= 4 is 5.97 Å². The zero-order chi connectivity index (χ0) is 13.1. The Balaban J connectivity index is 2.26. The van der Waals surface area contributed by atoms with Crippen molar-refractivity contribution in [2.24, 2.45) is 0 Å². The second-order valence-corrected chi connectivity index (χ2v) is 3.66. The molecular formula is C10H13N5O3. The zero-order valence-corrected chi connectivity index (χ0v) is 10.1. The molecule has 0 saturated carbocycles. The van der Waals surface area contributed by atoms with Crippen LogP contribution < -0.4 is 0 Å². The summed E-state index contributed by atoms with van der Waals surface area (Å²) in [4.78, 5) is 15.1. The summed E-state index contributed by atoms with van der Waals surface area (Å²) in [6, 6.07) is 0. The summed E-state index contributed by atoms with van der Waals surface area (Å²) >= 11 is 0. The Morgan fingerprint density at radius 1 is 1.39 bits per heavy atom. The standard InChI is InChI=1S/C10H13N5O3/c1-3-6-9(10(16)17)12-14-15(6)5-8-11-7(4-2)13-18-8/h3-5H2,1-2H3,(H,16,17). The summed E-state index contributed by atoms with van der Waals surface area (Å²) in [5.74, 6) is -0.0807. The monoisotopic (exact) mass is 251 g/mol. The number of aromatic carboxylic acids is 1. The van der Waals surface area contributed by atoms with E-state index in [2.05, 4.69) is 20.5 Å². The molecule has 0 saturated heterocycles. The average molecular weight is 251 g/mol. The van der Waals surface area contributed by atoms with Crippen LogP contribution in [0.15, 0.2) is 4.52 Å². The molecule has 2 aromatic rings. The van der Waals surface area contributed by atoms with Crippen molar-refractivity contribution in [1.29, 1.82) is 0 Å². The van der Waals surface area contributed by atoms with Gasteiger partial charge >= 0.3 is 5.97 Å². The maximum atomic E-state index is 10.9. The van der Waals surface area contributed by atoms with Gasteiger partial charge in [-0.3, -0.25) is 0 Å². The highest BCUT2D eigenvalue weighted by Gasteiger charge is 2.18. The molecule has 0 aliphatic rings. The van der Waals surface area contributed by atoms with Gasteiger partial charge in [0.15, 0.2) is 11.5 Å². The van der Waals surface area contributed by atoms with Gasteiger partial charge in [0, 0.05) is 6.42 Å². The topological polar surface area (TPSA) is 107 Å². The molecule has 2 rings (SSSR count). The van der Waals surface area contributed by atoms with Gasteiger partial charge < -0.3 is 9.63 Å². The largest absolute Gasteiger partial charge is 0.476 e. The molecule has 0 radical (unpaired) electrons. The SMILES string of the molecule is CCc1noc(Cn2nnc(C(=O)O)c2CC)n1. The van der Waals surface area contributed by atoms with Gasteiger partial charge in [0.2, 0.25) is 5.89 Å². The summed E-state index contributed by atoms with van der Waals surface area (Å²) < 4.78 is 6.50. The predicted molar refractivity (Wildman–Crippen MR) is 59.1 cm³/mol. The molecular weight excluding hydrogens is 238 g/mol. The van der Waals surface area contributed by atoms with Crippen molar-refractivity contribution in [3.05, 3.63) is 23.1 Å². The predicted octanol–water partition coefficient (Wildman–Crippen LogP) is 0.532. The number of carboxylic acids is 1. The number of nitrogens with zero attached hydrogens (tertiary/aromatic N) is 5. The van der Waals surface area contributed by atoms with Gasteiger partial charge in [0.25, 0.3) is 0 Å². The summed E-state index contributed by atoms with van der Waals surface area (Å²) in [6.45, 7) is 3.99. The normalized spacial score (nSPS) is 10.8. The average Bonchev–Trinajstić information content (AvgIpc) is 2.95. The van der Waals surface area contributed by atoms with Crippen LogP contribution in [0.2, 0.25) is 0 Å². The number of hydrogen-bond acceptors (Lipinski definition) is 6. The second kappa shape index (κ2) is 4.94. The molecule has 2 heterocycles. The van der Waals surface area contributed by atoms with Crippen molar-refractivity contribution in [2.45, 2.75) is 33.2 Å². The van der Waals surface area contributed by atoms with Gasteiger partial charge in [-0.15, -0.1) is 5.10 Å². The molecule has 2 aromatic heterocycles. The summed E-state index contributed by atoms with van der Waals surface area (Å²) in [6.07, 6.45) is 1.20. The molecule has 96 valence electrons. The lowest BCUT2D eigenvalue weighted by Crippen LogP contribution is -2.08. The Hall–Kier alpha value is -2.25. The zero-order valence-electron chi connectivity index (χ0n) is 10.1. The Morgan fingerprint density at radius 2 is 2.17 bits per heavy atom. The number of carboxylic acid groups (broad SMARTS) is 1. The maximum absolute atomic E-state index is 10.9. The number of rotatable bonds is 5. The Kier molecular flexibility index (Phi) is 3.35. The van der Waals surface area contributed by atoms with Gasteiger partial charge in [0.05, 0.1) is 5.69 Å². The molecule has 8 heteroatoms. The molecule has 0 aliphatic heterocycles. The van der Waals surface area contributed by atoms with Crippen LogP contribution in [0.1, 0.15) is 41.7 Å². The van der Waals surface area contributed by atoms with Crippen molar-refractivity contribution < 1.29 is 14.4 Å². The van der Waals surface area contributed by atoms with E-state index in [1.165, 1.54) is 4.68 Å². The third-order valence-electron chi connectivity index (χ3n) is 2.49. The third-order valence-corrected chi connectivity index (χ3v) is 2.49. The molecule has 0 atom stereocenters. The van der Waals surface area contributed by atoms with Crippen LogP contribution in [0.3, 0.4) is 0 Å². The second-order valence-electron chi connectivity index (χ2n) is 3.66. The first-order chi connectivity index (χ1) is 8.65. The number of aromatic nitrogens is 5. The summed E-state index contributed by atoms with van der Waals surface area (Å²) in [5.41, 5.74) is 0.506. The first-order valence-corrected chi connectivity index (χ1v) is 5.62. The van der Waals surface area contributed by atoms with Gasteiger partial charge in [-0.25, -0.2) is 9.48 Å². The van der Waals surface area contributed by atoms with E-state index in [-0.39, 0.29) is 12.2 Å². The van der Waals surface area contributed by atoms with Gasteiger partial charge in [0.1, 0.15) is 6.54 Å². The third kappa shape index (κ3) is 2.22. The first kappa shape index (κ1) is 12.2. The fraction of sp³-hybridized carbons (Fsp3) is 0.500. The van der Waals surface area contributed by atoms with Crippen LogP contribution in [-0.2, 0) is 19.4 Å². The minimum Gasteiger partial charge on any atom is -0.476 e. The molecule has 0 fully saturated rings. The Labute approximate surface area is 103 Å². The van der Waals surface area contributed by atoms with E-state index in [1.807, 2.05) is 13.8 Å². The van der Waals surface area contributed by atoms with Crippen molar-refractivity contribution in [3.63, 3.8) is 0 Å². The van der Waals surface area contributed by atoms with E-state index in [0.717, 1.165) is 0 Å². The van der Waals surface area contributed by atoms with Crippen LogP contribution in [0.4, 0.5) is 0 Å². The fourth-order valence-electron chi connectivity index (χ4n) is 1.60. The molecule has 0 aromatic carbocycles. The number of aryl methyl sites for hydroxylation is 1. The van der Waals surface area contributed by atoms with Crippen molar-refractivity contribution in [2.75, 3.05) is 0 Å². The van der Waals surface area contributed by atoms with Crippen LogP contribution in [-0.4, -0.2) is 36.2 Å². The molecule has 0 amide bonds. The fourth-order valence-corrected chi connectivity index (χ4v) is 1.60. The van der Waals surface area contributed by atoms with Crippen molar-refractivity contribution in [1.82, 2.24) is 25.1 Å². The van der Waals surface area contributed by atoms with E-state index < -0.39 is 5.97 Å². The first-order valence-electron chi connectivity index (χ1n) is 5.62. The van der Waals surface area contributed by atoms with Gasteiger partial charge in [-0.05, 0) is 6.42 Å². The highest BCUT2D eigenvalue weighted by molar-refractivity contribution is 5.86. The smallest absolute Gasteiger partial charge is 0.358 e. The van der Waals surface area contributed by atoms with E-state index in [4.69, 9.17) is 9.63 Å². The lowest BCUT2D eigenvalue weighted by Gasteiger charge is -2.00. The van der Waals surface area contributed by atoms with E-state index >= 15 is 0 Å². The Bertz CT molecular complexity index is 560. The highest BCUT2D eigenvalue weighted by Crippen LogP contribution is 2.09. The van der Waals surface area contributed by atoms with Crippen LogP contribution in [0.25, 0.3) is 0 Å². The lowest BCUT2D eigenvalue weighted by molar-refractivity contribution is 0.0689. The minimum absolute atomic E-state index is 0.0345. The lowest BCUT2D eigenvalue weighted by atomic mass is 10.2. The molecule has 0 spiro atoms. The van der Waals surface area contributed by atoms with Crippen LogP contribution in [0, 0.1) is 0 Å². The highest BCUT2D eigenvalue weighted by atomic mass is 16.5. The summed E-state index contributed by atoms with van der Waals surface area (Å²) in [7, 11) is 0. The Morgan fingerprint density at radius 3 is 2.72 bits per heavy atom. The van der Waals surface area contributed by atoms with Gasteiger partial charge in [-0.1, -0.05) is 24.2 Å². The van der Waals surface area contributed by atoms with Crippen molar-refractivity contribution in [3.8, 4) is 0 Å². The maximum Gasteiger partial charge on any atom is 0.358 e. The van der Waals surface area contributed by atoms with E-state index in [1.54, 1.807) is 0 Å². The van der Waals surface area contributed by atoms with Gasteiger partial charge in [-0.2, -0.15) is 4.98 Å².